The molecule has 1 heteroatoms. The molecule has 1 aliphatic rings. The van der Waals surface area contributed by atoms with Crippen molar-refractivity contribution in [3.8, 4) is 0 Å². The molecule has 0 aliphatic heterocycles. The molecular weight excluding hydrogens is 208 g/mol. The van der Waals surface area contributed by atoms with Crippen LogP contribution in [0.5, 0.6) is 0 Å². The van der Waals surface area contributed by atoms with Gasteiger partial charge in [0, 0.05) is 0 Å². The van der Waals surface area contributed by atoms with Gasteiger partial charge in [-0.1, -0.05) is 45.4 Å². The van der Waals surface area contributed by atoms with Crippen LogP contribution in [0.25, 0.3) is 0 Å². The molecule has 0 aromatic heterocycles. The van der Waals surface area contributed by atoms with E-state index in [-0.39, 0.29) is 6.10 Å². The Balaban J connectivity index is 2.65. The Labute approximate surface area is 107 Å². The van der Waals surface area contributed by atoms with Gasteiger partial charge in [-0.05, 0) is 49.5 Å². The summed E-state index contributed by atoms with van der Waals surface area (Å²) in [6.45, 7) is 11.1. The monoisotopic (exact) mass is 236 g/mol. The van der Waals surface area contributed by atoms with Crippen molar-refractivity contribution in [2.24, 2.45) is 11.3 Å². The Hall–Kier alpha value is -0.560. The van der Waals surface area contributed by atoms with Gasteiger partial charge >= 0.3 is 0 Å². The van der Waals surface area contributed by atoms with Crippen molar-refractivity contribution >= 4 is 0 Å². The van der Waals surface area contributed by atoms with Gasteiger partial charge in [0.15, 0.2) is 0 Å². The van der Waals surface area contributed by atoms with Crippen LogP contribution in [0.15, 0.2) is 23.3 Å². The van der Waals surface area contributed by atoms with Gasteiger partial charge in [-0.3, -0.25) is 0 Å². The van der Waals surface area contributed by atoms with Crippen molar-refractivity contribution in [3.63, 3.8) is 0 Å². The minimum atomic E-state index is -0.237. The van der Waals surface area contributed by atoms with Crippen LogP contribution in [0.3, 0.4) is 0 Å². The first-order valence-electron chi connectivity index (χ1n) is 6.97. The topological polar surface area (TPSA) is 20.2 Å². The zero-order valence-electron chi connectivity index (χ0n) is 12.1. The molecule has 0 fully saturated rings. The first-order valence-corrected chi connectivity index (χ1v) is 6.97. The van der Waals surface area contributed by atoms with E-state index in [0.29, 0.717) is 11.3 Å². The van der Waals surface area contributed by atoms with Crippen LogP contribution in [0.4, 0.5) is 0 Å². The minimum absolute atomic E-state index is 0.237. The summed E-state index contributed by atoms with van der Waals surface area (Å²) < 4.78 is 0. The average Bonchev–Trinajstić information content (AvgIpc) is 2.55. The van der Waals surface area contributed by atoms with Crippen molar-refractivity contribution in [2.75, 3.05) is 0 Å². The lowest BCUT2D eigenvalue weighted by molar-refractivity contribution is 0.201. The quantitative estimate of drug-likeness (QED) is 0.698. The molecule has 0 bridgehead atoms. The van der Waals surface area contributed by atoms with Crippen LogP contribution < -0.4 is 0 Å². The zero-order valence-corrected chi connectivity index (χ0v) is 12.1. The fourth-order valence-corrected chi connectivity index (χ4v) is 2.66. The van der Waals surface area contributed by atoms with Crippen LogP contribution in [-0.4, -0.2) is 11.2 Å². The second-order valence-electron chi connectivity index (χ2n) is 5.83. The molecule has 2 unspecified atom stereocenters. The van der Waals surface area contributed by atoms with Crippen molar-refractivity contribution in [1.82, 2.24) is 0 Å². The van der Waals surface area contributed by atoms with E-state index in [0.717, 1.165) is 19.3 Å². The maximum Gasteiger partial charge on any atom is 0.0747 e. The van der Waals surface area contributed by atoms with Crippen LogP contribution in [0.1, 0.15) is 60.3 Å². The van der Waals surface area contributed by atoms with Gasteiger partial charge in [-0.2, -0.15) is 0 Å². The fourth-order valence-electron chi connectivity index (χ4n) is 2.66. The van der Waals surface area contributed by atoms with E-state index >= 15 is 0 Å². The first kappa shape index (κ1) is 14.5. The number of rotatable bonds is 5. The van der Waals surface area contributed by atoms with E-state index in [1.165, 1.54) is 17.6 Å². The largest absolute Gasteiger partial charge is 0.389 e. The molecule has 0 aromatic carbocycles. The lowest BCUT2D eigenvalue weighted by Crippen LogP contribution is -2.20. The van der Waals surface area contributed by atoms with E-state index in [2.05, 4.69) is 39.8 Å². The molecule has 1 N–H and O–H groups in total. The van der Waals surface area contributed by atoms with Gasteiger partial charge in [-0.15, -0.1) is 0 Å². The Morgan fingerprint density at radius 3 is 2.59 bits per heavy atom. The van der Waals surface area contributed by atoms with E-state index in [1.807, 2.05) is 6.92 Å². The molecule has 98 valence electrons. The van der Waals surface area contributed by atoms with Gasteiger partial charge in [0.2, 0.25) is 0 Å². The maximum absolute atomic E-state index is 9.89. The summed E-state index contributed by atoms with van der Waals surface area (Å²) in [7, 11) is 0. The summed E-state index contributed by atoms with van der Waals surface area (Å²) in [5.41, 5.74) is 3.06. The second kappa shape index (κ2) is 5.86. The predicted octanol–water partition coefficient (Wildman–Crippen LogP) is 4.48. The lowest BCUT2D eigenvalue weighted by atomic mass is 9.76. The van der Waals surface area contributed by atoms with E-state index < -0.39 is 0 Å². The smallest absolute Gasteiger partial charge is 0.0747 e. The Morgan fingerprint density at radius 2 is 2.18 bits per heavy atom. The van der Waals surface area contributed by atoms with Crippen LogP contribution in [0.2, 0.25) is 0 Å². The molecule has 0 heterocycles. The van der Waals surface area contributed by atoms with Gasteiger partial charge in [-0.25, -0.2) is 0 Å². The molecule has 0 radical (unpaired) electrons. The molecule has 0 saturated heterocycles. The maximum atomic E-state index is 9.89. The Kier molecular flexibility index (Phi) is 5.00. The summed E-state index contributed by atoms with van der Waals surface area (Å²) in [6.07, 6.45) is 8.50. The second-order valence-corrected chi connectivity index (χ2v) is 5.83. The van der Waals surface area contributed by atoms with Crippen LogP contribution in [-0.2, 0) is 0 Å². The van der Waals surface area contributed by atoms with E-state index in [9.17, 15) is 5.11 Å². The molecule has 1 aliphatic carbocycles. The third kappa shape index (κ3) is 3.22. The molecular formula is C16H28O. The molecule has 0 amide bonds. The summed E-state index contributed by atoms with van der Waals surface area (Å²) >= 11 is 0. The summed E-state index contributed by atoms with van der Waals surface area (Å²) in [6, 6.07) is 0. The third-order valence-electron chi connectivity index (χ3n) is 4.63. The van der Waals surface area contributed by atoms with Gasteiger partial charge in [0.05, 0.1) is 6.10 Å². The highest BCUT2D eigenvalue weighted by molar-refractivity contribution is 5.20. The highest BCUT2D eigenvalue weighted by atomic mass is 16.3. The molecule has 0 aromatic rings. The lowest BCUT2D eigenvalue weighted by Gasteiger charge is -2.29. The van der Waals surface area contributed by atoms with Crippen molar-refractivity contribution in [2.45, 2.75) is 66.4 Å². The highest BCUT2D eigenvalue weighted by Gasteiger charge is 2.33. The number of hydrogen-bond acceptors (Lipinski definition) is 1. The standard InChI is InChI=1S/C16H28O/c1-6-13(15(17)7-2)9-11-14-10-8-12(3)16(14,4)5/h8-9,14-15,17H,6-7,10-11H2,1-5H3/b13-9+. The van der Waals surface area contributed by atoms with E-state index in [1.54, 1.807) is 0 Å². The zero-order chi connectivity index (χ0) is 13.1. The van der Waals surface area contributed by atoms with Crippen molar-refractivity contribution < 1.29 is 5.11 Å². The molecule has 0 saturated carbocycles. The van der Waals surface area contributed by atoms with Gasteiger partial charge in [0.1, 0.15) is 0 Å². The highest BCUT2D eigenvalue weighted by Crippen LogP contribution is 2.44. The molecule has 1 rings (SSSR count). The molecule has 2 atom stereocenters. The van der Waals surface area contributed by atoms with E-state index in [4.69, 9.17) is 0 Å². The van der Waals surface area contributed by atoms with Crippen LogP contribution in [0, 0.1) is 11.3 Å². The minimum Gasteiger partial charge on any atom is -0.389 e. The Morgan fingerprint density at radius 1 is 1.53 bits per heavy atom. The summed E-state index contributed by atoms with van der Waals surface area (Å²) in [5.74, 6) is 0.702. The third-order valence-corrected chi connectivity index (χ3v) is 4.63. The molecule has 0 spiro atoms. The normalized spacial score (nSPS) is 25.9. The van der Waals surface area contributed by atoms with Gasteiger partial charge < -0.3 is 5.11 Å². The van der Waals surface area contributed by atoms with Crippen molar-refractivity contribution in [1.29, 1.82) is 0 Å². The van der Waals surface area contributed by atoms with Crippen molar-refractivity contribution in [3.05, 3.63) is 23.3 Å². The number of hydrogen-bond donors (Lipinski definition) is 1. The molecule has 17 heavy (non-hydrogen) atoms. The number of aliphatic hydroxyl groups excluding tert-OH is 1. The fraction of sp³-hybridized carbons (Fsp3) is 0.750. The van der Waals surface area contributed by atoms with Gasteiger partial charge in [0.25, 0.3) is 0 Å². The summed E-state index contributed by atoms with van der Waals surface area (Å²) in [4.78, 5) is 0. The SMILES string of the molecule is CC/C(=C\CC1CC=C(C)C1(C)C)C(O)CC. The molecule has 1 nitrogen and oxygen atoms in total. The average molecular weight is 236 g/mol. The predicted molar refractivity (Wildman–Crippen MR) is 74.9 cm³/mol. The number of allylic oxidation sites excluding steroid dienone is 3. The first-order chi connectivity index (χ1) is 7.93. The summed E-state index contributed by atoms with van der Waals surface area (Å²) in [5, 5.41) is 9.89. The number of aliphatic hydroxyl groups is 1. The Bertz CT molecular complexity index is 309. The van der Waals surface area contributed by atoms with Crippen LogP contribution >= 0.6 is 0 Å².